The second-order valence-corrected chi connectivity index (χ2v) is 12.7. The number of nitrogens with one attached hydrogen (secondary N) is 3. The predicted octanol–water partition coefficient (Wildman–Crippen LogP) is 2.59. The van der Waals surface area contributed by atoms with Crippen LogP contribution >= 0.6 is 0 Å². The average molecular weight is 712 g/mol. The zero-order chi connectivity index (χ0) is 36.9. The number of carbonyl (C=O) groups excluding carboxylic acids is 3. The molecular formula is C37H41N7O8. The van der Waals surface area contributed by atoms with Crippen LogP contribution in [0.5, 0.6) is 11.5 Å². The maximum atomic E-state index is 13.8. The lowest BCUT2D eigenvalue weighted by Crippen LogP contribution is -2.48. The second kappa shape index (κ2) is 15.4. The predicted molar refractivity (Wildman–Crippen MR) is 191 cm³/mol. The van der Waals surface area contributed by atoms with Gasteiger partial charge in [0, 0.05) is 68.8 Å². The minimum atomic E-state index is -0.922. The van der Waals surface area contributed by atoms with Gasteiger partial charge >= 0.3 is 5.69 Å². The van der Waals surface area contributed by atoms with Crippen LogP contribution in [0.3, 0.4) is 0 Å². The molecule has 2 aliphatic rings. The standard InChI is InChI=1S/C37H41N7O8/c1-22-28-21-39-34(47)27(17-24-20-38-26-10-6-5-9-25(24)26)40-32(45)11-7-14-44(36(48)29-19-33(46)43(3)37(49)42(29)2)15-8-16-51-30-13-12-23(18-31(30)50-4)35(41-28)52-22/h5-6,9-10,12-13,18-20,27,38H,7-8,11,14-17,21H2,1-4H3,(H,39,47)(H,40,45)/t27-/m0/s1. The number of fused-ring (bicyclic) bond motifs is 16. The first-order valence-corrected chi connectivity index (χ1v) is 17.0. The largest absolute Gasteiger partial charge is 0.493 e. The number of nitrogens with zero attached hydrogens (tertiary/aromatic N) is 4. The number of methoxy groups -OCH3 is 1. The Balaban J connectivity index is 1.30. The highest BCUT2D eigenvalue weighted by Crippen LogP contribution is 2.33. The monoisotopic (exact) mass is 711 g/mol. The molecule has 3 aromatic heterocycles. The number of hydrogen-bond acceptors (Lipinski definition) is 9. The summed E-state index contributed by atoms with van der Waals surface area (Å²) < 4.78 is 19.6. The minimum Gasteiger partial charge on any atom is -0.493 e. The fraction of sp³-hybridized carbons (Fsp3) is 0.351. The molecule has 0 radical (unpaired) electrons. The van der Waals surface area contributed by atoms with Crippen molar-refractivity contribution in [2.75, 3.05) is 26.8 Å². The zero-order valence-corrected chi connectivity index (χ0v) is 29.5. The molecule has 7 rings (SSSR count). The second-order valence-electron chi connectivity index (χ2n) is 12.7. The zero-order valence-electron chi connectivity index (χ0n) is 29.5. The highest BCUT2D eigenvalue weighted by molar-refractivity contribution is 5.92. The molecule has 0 saturated carbocycles. The highest BCUT2D eigenvalue weighted by Gasteiger charge is 2.25. The summed E-state index contributed by atoms with van der Waals surface area (Å²) in [6.45, 7) is 2.38. The third kappa shape index (κ3) is 7.62. The lowest BCUT2D eigenvalue weighted by atomic mass is 10.0. The van der Waals surface area contributed by atoms with Crippen molar-refractivity contribution in [3.8, 4) is 23.0 Å². The lowest BCUT2D eigenvalue weighted by Gasteiger charge is -2.24. The van der Waals surface area contributed by atoms with E-state index in [1.54, 1.807) is 25.1 Å². The number of oxazole rings is 1. The number of hydrogen-bond donors (Lipinski definition) is 3. The van der Waals surface area contributed by atoms with Crippen LogP contribution in [0.25, 0.3) is 22.4 Å². The average Bonchev–Trinajstić information content (AvgIpc) is 3.73. The molecule has 2 aromatic carbocycles. The number of aryl methyl sites for hydroxylation is 1. The van der Waals surface area contributed by atoms with Gasteiger partial charge in [-0.3, -0.25) is 28.3 Å². The molecule has 5 aromatic rings. The van der Waals surface area contributed by atoms with Crippen molar-refractivity contribution in [3.05, 3.63) is 98.3 Å². The maximum Gasteiger partial charge on any atom is 0.331 e. The van der Waals surface area contributed by atoms with E-state index in [0.717, 1.165) is 31.7 Å². The van der Waals surface area contributed by atoms with Crippen molar-refractivity contribution in [1.82, 2.24) is 34.6 Å². The van der Waals surface area contributed by atoms with E-state index in [0.29, 0.717) is 40.8 Å². The Bertz CT molecular complexity index is 2250. The summed E-state index contributed by atoms with van der Waals surface area (Å²) in [6.07, 6.45) is 2.68. The number of rotatable bonds is 4. The van der Waals surface area contributed by atoms with Gasteiger partial charge < -0.3 is 34.4 Å². The molecule has 3 amide bonds. The number of aromatic nitrogens is 4. The van der Waals surface area contributed by atoms with E-state index in [1.165, 1.54) is 26.1 Å². The van der Waals surface area contributed by atoms with Crippen molar-refractivity contribution in [3.63, 3.8) is 0 Å². The summed E-state index contributed by atoms with van der Waals surface area (Å²) in [5, 5.41) is 6.75. The number of para-hydroxylation sites is 1. The van der Waals surface area contributed by atoms with E-state index in [1.807, 2.05) is 30.5 Å². The van der Waals surface area contributed by atoms with E-state index >= 15 is 0 Å². The fourth-order valence-corrected chi connectivity index (χ4v) is 6.21. The van der Waals surface area contributed by atoms with Gasteiger partial charge in [0.05, 0.1) is 20.3 Å². The molecule has 4 bridgehead atoms. The number of amides is 3. The summed E-state index contributed by atoms with van der Waals surface area (Å²) in [6, 6.07) is 13.2. The molecule has 3 N–H and O–H groups in total. The summed E-state index contributed by atoms with van der Waals surface area (Å²) in [7, 11) is 4.29. The quantitative estimate of drug-likeness (QED) is 0.252. The van der Waals surface area contributed by atoms with Crippen LogP contribution in [0, 0.1) is 6.92 Å². The SMILES string of the molecule is COc1cc2ccc1OCCCN(C(=O)c1cc(=O)n(C)c(=O)n1C)CCCC(=O)N[C@@H](Cc1c[nH]c3ccccc13)C(=O)NCc1nc-2oc1C. The molecule has 272 valence electrons. The molecule has 0 unspecified atom stereocenters. The number of benzene rings is 2. The van der Waals surface area contributed by atoms with Crippen molar-refractivity contribution < 1.29 is 28.3 Å². The third-order valence-electron chi connectivity index (χ3n) is 9.18. The van der Waals surface area contributed by atoms with Gasteiger partial charge in [-0.05, 0) is 49.6 Å². The van der Waals surface area contributed by atoms with Gasteiger partial charge in [-0.1, -0.05) is 18.2 Å². The topological polar surface area (TPSA) is 183 Å². The van der Waals surface area contributed by atoms with E-state index in [2.05, 4.69) is 20.6 Å². The Morgan fingerprint density at radius 1 is 1.02 bits per heavy atom. The highest BCUT2D eigenvalue weighted by atomic mass is 16.5. The first kappa shape index (κ1) is 35.7. The molecule has 2 aliphatic heterocycles. The minimum absolute atomic E-state index is 0.00249. The van der Waals surface area contributed by atoms with Gasteiger partial charge in [0.1, 0.15) is 23.2 Å². The molecule has 15 nitrogen and oxygen atoms in total. The van der Waals surface area contributed by atoms with E-state index in [4.69, 9.17) is 13.9 Å². The van der Waals surface area contributed by atoms with Crippen LogP contribution in [0.2, 0.25) is 0 Å². The summed E-state index contributed by atoms with van der Waals surface area (Å²) in [5.74, 6) is 0.468. The fourth-order valence-electron chi connectivity index (χ4n) is 6.21. The van der Waals surface area contributed by atoms with Gasteiger partial charge in [-0.2, -0.15) is 0 Å². The van der Waals surface area contributed by atoms with Gasteiger partial charge in [-0.25, -0.2) is 9.78 Å². The number of aromatic amines is 1. The van der Waals surface area contributed by atoms with Crippen molar-refractivity contribution in [2.45, 2.75) is 45.2 Å². The van der Waals surface area contributed by atoms with Crippen LogP contribution < -0.4 is 31.4 Å². The number of carbonyl (C=O) groups is 3. The Morgan fingerprint density at radius 2 is 1.81 bits per heavy atom. The Morgan fingerprint density at radius 3 is 2.62 bits per heavy atom. The van der Waals surface area contributed by atoms with Crippen molar-refractivity contribution in [2.24, 2.45) is 14.1 Å². The molecule has 0 fully saturated rings. The number of ether oxygens (including phenoxy) is 2. The Labute approximate surface area is 298 Å². The Kier molecular flexibility index (Phi) is 10.6. The lowest BCUT2D eigenvalue weighted by molar-refractivity contribution is -0.129. The van der Waals surface area contributed by atoms with Crippen LogP contribution in [0.4, 0.5) is 0 Å². The van der Waals surface area contributed by atoms with E-state index in [9.17, 15) is 24.0 Å². The number of H-pyrrole nitrogens is 1. The normalized spacial score (nSPS) is 16.2. The first-order chi connectivity index (χ1) is 25.0. The molecule has 52 heavy (non-hydrogen) atoms. The molecule has 1 atom stereocenters. The van der Waals surface area contributed by atoms with Crippen LogP contribution in [0.1, 0.15) is 46.8 Å². The van der Waals surface area contributed by atoms with Gasteiger partial charge in [0.25, 0.3) is 11.5 Å². The van der Waals surface area contributed by atoms with E-state index in [-0.39, 0.29) is 57.1 Å². The Hall–Kier alpha value is -6.12. The summed E-state index contributed by atoms with van der Waals surface area (Å²) >= 11 is 0. The first-order valence-electron chi connectivity index (χ1n) is 17.0. The summed E-state index contributed by atoms with van der Waals surface area (Å²) in [4.78, 5) is 75.3. The van der Waals surface area contributed by atoms with Crippen LogP contribution in [-0.2, 0) is 36.6 Å². The van der Waals surface area contributed by atoms with Crippen LogP contribution in [0.15, 0.2) is 68.7 Å². The smallest absolute Gasteiger partial charge is 0.331 e. The third-order valence-corrected chi connectivity index (χ3v) is 9.18. The maximum absolute atomic E-state index is 13.8. The molecular weight excluding hydrogens is 670 g/mol. The van der Waals surface area contributed by atoms with Gasteiger partial charge in [-0.15, -0.1) is 0 Å². The molecule has 0 aliphatic carbocycles. The van der Waals surface area contributed by atoms with Crippen LogP contribution in [-0.4, -0.2) is 74.6 Å². The van der Waals surface area contributed by atoms with Gasteiger partial charge in [0.2, 0.25) is 17.7 Å². The van der Waals surface area contributed by atoms with Crippen molar-refractivity contribution >= 4 is 28.6 Å². The summed E-state index contributed by atoms with van der Waals surface area (Å²) in [5.41, 5.74) is 1.63. The van der Waals surface area contributed by atoms with E-state index < -0.39 is 29.1 Å². The molecule has 5 heterocycles. The van der Waals surface area contributed by atoms with Crippen molar-refractivity contribution in [1.29, 1.82) is 0 Å². The molecule has 0 spiro atoms. The molecule has 15 heteroatoms. The molecule has 0 saturated heterocycles. The van der Waals surface area contributed by atoms with Gasteiger partial charge in [0.15, 0.2) is 11.5 Å².